The first kappa shape index (κ1) is 13.1. The molecule has 6 nitrogen and oxygen atoms in total. The van der Waals surface area contributed by atoms with Crippen LogP contribution in [0.4, 0.5) is 5.69 Å². The van der Waals surface area contributed by atoms with Crippen LogP contribution in [0, 0.1) is 0 Å². The summed E-state index contributed by atoms with van der Waals surface area (Å²) < 4.78 is 22.7. The fourth-order valence-electron chi connectivity index (χ4n) is 1.77. The first-order chi connectivity index (χ1) is 8.34. The van der Waals surface area contributed by atoms with Crippen LogP contribution in [0.2, 0.25) is 5.02 Å². The fourth-order valence-corrected chi connectivity index (χ4v) is 2.87. The van der Waals surface area contributed by atoms with E-state index in [2.05, 4.69) is 5.32 Å². The molecule has 0 radical (unpaired) electrons. The van der Waals surface area contributed by atoms with Crippen molar-refractivity contribution in [3.05, 3.63) is 22.7 Å². The van der Waals surface area contributed by atoms with Gasteiger partial charge in [0.15, 0.2) is 0 Å². The number of amides is 1. The quantitative estimate of drug-likeness (QED) is 0.843. The Labute approximate surface area is 110 Å². The molecule has 1 aromatic carbocycles. The van der Waals surface area contributed by atoms with Gasteiger partial charge in [-0.05, 0) is 19.1 Å². The molecule has 2 rings (SSSR count). The Balaban J connectivity index is 2.60. The fraction of sp³-hybridized carbons (Fsp3) is 0.300. The largest absolute Gasteiger partial charge is 0.367 e. The van der Waals surface area contributed by atoms with E-state index in [1.807, 2.05) is 6.92 Å². The molecule has 1 heterocycles. The van der Waals surface area contributed by atoms with Gasteiger partial charge in [-0.2, -0.15) is 0 Å². The molecule has 0 saturated heterocycles. The maximum Gasteiger partial charge on any atom is 0.257 e. The van der Waals surface area contributed by atoms with Gasteiger partial charge in [0.2, 0.25) is 10.0 Å². The zero-order valence-electron chi connectivity index (χ0n) is 9.60. The van der Waals surface area contributed by atoms with Crippen LogP contribution in [0.3, 0.4) is 0 Å². The minimum atomic E-state index is -3.95. The third-order valence-electron chi connectivity index (χ3n) is 2.74. The minimum Gasteiger partial charge on any atom is -0.367 e. The molecule has 1 aromatic rings. The van der Waals surface area contributed by atoms with Crippen molar-refractivity contribution >= 4 is 33.2 Å². The van der Waals surface area contributed by atoms with Crippen LogP contribution in [-0.2, 0) is 10.0 Å². The number of nitrogens with one attached hydrogen (secondary N) is 1. The SMILES string of the molecule is CCN1CNc2cc(Cl)c(S(N)(=O)=O)cc2C1=O. The van der Waals surface area contributed by atoms with Gasteiger partial charge < -0.3 is 10.2 Å². The number of hydrogen-bond acceptors (Lipinski definition) is 4. The second-order valence-electron chi connectivity index (χ2n) is 3.87. The summed E-state index contributed by atoms with van der Waals surface area (Å²) >= 11 is 5.84. The van der Waals surface area contributed by atoms with Crippen molar-refractivity contribution in [2.24, 2.45) is 5.14 Å². The number of nitrogens with two attached hydrogens (primary N) is 1. The number of sulfonamides is 1. The highest BCUT2D eigenvalue weighted by molar-refractivity contribution is 7.89. The Kier molecular flexibility index (Phi) is 3.22. The lowest BCUT2D eigenvalue weighted by Gasteiger charge is -2.29. The number of anilines is 1. The van der Waals surface area contributed by atoms with Crippen molar-refractivity contribution in [2.75, 3.05) is 18.5 Å². The monoisotopic (exact) mass is 289 g/mol. The molecule has 1 aliphatic heterocycles. The molecular weight excluding hydrogens is 278 g/mol. The maximum absolute atomic E-state index is 12.0. The van der Waals surface area contributed by atoms with Crippen LogP contribution < -0.4 is 10.5 Å². The van der Waals surface area contributed by atoms with E-state index in [0.29, 0.717) is 18.9 Å². The van der Waals surface area contributed by atoms with Gasteiger partial charge in [-0.25, -0.2) is 13.6 Å². The van der Waals surface area contributed by atoms with Crippen molar-refractivity contribution < 1.29 is 13.2 Å². The number of nitrogens with zero attached hydrogens (tertiary/aromatic N) is 1. The van der Waals surface area contributed by atoms with Gasteiger partial charge in [-0.15, -0.1) is 0 Å². The number of fused-ring (bicyclic) bond motifs is 1. The van der Waals surface area contributed by atoms with Crippen LogP contribution >= 0.6 is 11.6 Å². The first-order valence-corrected chi connectivity index (χ1v) is 7.16. The number of halogens is 1. The Morgan fingerprint density at radius 2 is 2.17 bits per heavy atom. The molecule has 8 heteroatoms. The second kappa shape index (κ2) is 4.42. The van der Waals surface area contributed by atoms with E-state index in [9.17, 15) is 13.2 Å². The zero-order chi connectivity index (χ0) is 13.5. The van der Waals surface area contributed by atoms with Crippen molar-refractivity contribution in [2.45, 2.75) is 11.8 Å². The average molecular weight is 290 g/mol. The molecule has 1 aliphatic rings. The molecule has 0 spiro atoms. The minimum absolute atomic E-state index is 0.00139. The number of carbonyl (C=O) groups excluding carboxylic acids is 1. The summed E-state index contributed by atoms with van der Waals surface area (Å²) in [6.07, 6.45) is 0. The molecule has 98 valence electrons. The van der Waals surface area contributed by atoms with Gasteiger partial charge in [0, 0.05) is 12.2 Å². The average Bonchev–Trinajstić information content (AvgIpc) is 2.27. The van der Waals surface area contributed by atoms with E-state index in [1.165, 1.54) is 12.1 Å². The van der Waals surface area contributed by atoms with Crippen molar-refractivity contribution in [1.82, 2.24) is 4.90 Å². The smallest absolute Gasteiger partial charge is 0.257 e. The van der Waals surface area contributed by atoms with E-state index in [4.69, 9.17) is 16.7 Å². The summed E-state index contributed by atoms with van der Waals surface area (Å²) in [6.45, 7) is 2.73. The Hall–Kier alpha value is -1.31. The number of hydrogen-bond donors (Lipinski definition) is 2. The summed E-state index contributed by atoms with van der Waals surface area (Å²) in [4.78, 5) is 13.4. The van der Waals surface area contributed by atoms with Crippen LogP contribution in [-0.4, -0.2) is 32.4 Å². The summed E-state index contributed by atoms with van der Waals surface area (Å²) in [5.41, 5.74) is 0.777. The van der Waals surface area contributed by atoms with E-state index in [-0.39, 0.29) is 21.4 Å². The van der Waals surface area contributed by atoms with Gasteiger partial charge >= 0.3 is 0 Å². The second-order valence-corrected chi connectivity index (χ2v) is 5.81. The van der Waals surface area contributed by atoms with Crippen LogP contribution in [0.15, 0.2) is 17.0 Å². The van der Waals surface area contributed by atoms with Gasteiger partial charge in [-0.3, -0.25) is 4.79 Å². The van der Waals surface area contributed by atoms with Gasteiger partial charge in [0.05, 0.1) is 17.3 Å². The summed E-state index contributed by atoms with van der Waals surface area (Å²) in [6, 6.07) is 2.62. The van der Waals surface area contributed by atoms with Crippen LogP contribution in [0.1, 0.15) is 17.3 Å². The Bertz CT molecular complexity index is 615. The molecule has 0 aliphatic carbocycles. The molecule has 0 aromatic heterocycles. The molecule has 0 bridgehead atoms. The third kappa shape index (κ3) is 2.16. The lowest BCUT2D eigenvalue weighted by atomic mass is 10.1. The highest BCUT2D eigenvalue weighted by Crippen LogP contribution is 2.30. The molecule has 0 atom stereocenters. The third-order valence-corrected chi connectivity index (χ3v) is 4.11. The predicted octanol–water partition coefficient (Wildman–Crippen LogP) is 0.833. The topological polar surface area (TPSA) is 92.5 Å². The van der Waals surface area contributed by atoms with Crippen molar-refractivity contribution in [3.8, 4) is 0 Å². The molecular formula is C10H12ClN3O3S. The van der Waals surface area contributed by atoms with Gasteiger partial charge in [0.1, 0.15) is 4.90 Å². The lowest BCUT2D eigenvalue weighted by molar-refractivity contribution is 0.0766. The molecule has 0 fully saturated rings. The number of rotatable bonds is 2. The molecule has 0 saturated carbocycles. The Morgan fingerprint density at radius 1 is 1.50 bits per heavy atom. The van der Waals surface area contributed by atoms with Crippen molar-refractivity contribution in [3.63, 3.8) is 0 Å². The normalized spacial score (nSPS) is 15.3. The number of carbonyl (C=O) groups is 1. The first-order valence-electron chi connectivity index (χ1n) is 5.24. The Morgan fingerprint density at radius 3 is 2.72 bits per heavy atom. The van der Waals surface area contributed by atoms with Crippen molar-refractivity contribution in [1.29, 1.82) is 0 Å². The number of primary sulfonamides is 1. The van der Waals surface area contributed by atoms with Crippen LogP contribution in [0.5, 0.6) is 0 Å². The summed E-state index contributed by atoms with van der Waals surface area (Å²) in [5, 5.41) is 8.05. The predicted molar refractivity (Wildman–Crippen MR) is 68.0 cm³/mol. The summed E-state index contributed by atoms with van der Waals surface area (Å²) in [7, 11) is -3.95. The zero-order valence-corrected chi connectivity index (χ0v) is 11.2. The van der Waals surface area contributed by atoms with E-state index < -0.39 is 10.0 Å². The number of benzene rings is 1. The molecule has 18 heavy (non-hydrogen) atoms. The highest BCUT2D eigenvalue weighted by atomic mass is 35.5. The van der Waals surface area contributed by atoms with E-state index in [0.717, 1.165) is 0 Å². The summed E-state index contributed by atoms with van der Waals surface area (Å²) in [5.74, 6) is -0.243. The molecule has 1 amide bonds. The van der Waals surface area contributed by atoms with E-state index >= 15 is 0 Å². The van der Waals surface area contributed by atoms with Gasteiger partial charge in [0.25, 0.3) is 5.91 Å². The molecule has 0 unspecified atom stereocenters. The van der Waals surface area contributed by atoms with Gasteiger partial charge in [-0.1, -0.05) is 11.6 Å². The lowest BCUT2D eigenvalue weighted by Crippen LogP contribution is -2.39. The maximum atomic E-state index is 12.0. The molecule has 3 N–H and O–H groups in total. The highest BCUT2D eigenvalue weighted by Gasteiger charge is 2.26. The standard InChI is InChI=1S/C10H12ClN3O3S/c1-2-14-5-13-8-4-7(11)9(18(12,16)17)3-6(8)10(14)15/h3-4,13H,2,5H2,1H3,(H2,12,16,17). The van der Waals surface area contributed by atoms with Crippen LogP contribution in [0.25, 0.3) is 0 Å². The van der Waals surface area contributed by atoms with E-state index in [1.54, 1.807) is 4.90 Å².